The van der Waals surface area contributed by atoms with E-state index in [2.05, 4.69) is 11.6 Å². The van der Waals surface area contributed by atoms with Crippen LogP contribution in [-0.2, 0) is 5.60 Å². The van der Waals surface area contributed by atoms with Crippen molar-refractivity contribution < 1.29 is 10.2 Å². The molecule has 0 amide bonds. The van der Waals surface area contributed by atoms with E-state index in [1.165, 1.54) is 0 Å². The number of fused-ring (bicyclic) bond motifs is 3. The second kappa shape index (κ2) is 5.32. The molecule has 2 aromatic rings. The fraction of sp³-hybridized carbons (Fsp3) is 0.0952. The van der Waals surface area contributed by atoms with Crippen molar-refractivity contribution in [2.24, 2.45) is 4.99 Å². The Morgan fingerprint density at radius 2 is 1.88 bits per heavy atom. The Morgan fingerprint density at radius 1 is 1.08 bits per heavy atom. The zero-order valence-corrected chi connectivity index (χ0v) is 13.1. The smallest absolute Gasteiger partial charge is 0.128 e. The molecule has 2 aromatic carbocycles. The summed E-state index contributed by atoms with van der Waals surface area (Å²) in [6.45, 7) is 3.82. The van der Waals surface area contributed by atoms with Gasteiger partial charge in [0.25, 0.3) is 0 Å². The molecule has 0 radical (unpaired) electrons. The van der Waals surface area contributed by atoms with Gasteiger partial charge >= 0.3 is 0 Å². The van der Waals surface area contributed by atoms with Crippen LogP contribution in [0.1, 0.15) is 17.5 Å². The van der Waals surface area contributed by atoms with E-state index in [1.807, 2.05) is 48.6 Å². The van der Waals surface area contributed by atoms with Crippen molar-refractivity contribution in [2.45, 2.75) is 12.0 Å². The lowest BCUT2D eigenvalue weighted by Crippen LogP contribution is -2.26. The lowest BCUT2D eigenvalue weighted by Gasteiger charge is -2.28. The summed E-state index contributed by atoms with van der Waals surface area (Å²) in [5.41, 5.74) is 3.87. The molecule has 4 rings (SSSR count). The topological polar surface area (TPSA) is 52.8 Å². The van der Waals surface area contributed by atoms with E-state index >= 15 is 0 Å². The number of hydrogen-bond donors (Lipinski definition) is 2. The predicted molar refractivity (Wildman–Crippen MR) is 96.4 cm³/mol. The lowest BCUT2D eigenvalue weighted by molar-refractivity contribution is 0.143. The molecule has 1 heterocycles. The molecule has 1 aliphatic carbocycles. The van der Waals surface area contributed by atoms with Crippen molar-refractivity contribution in [2.75, 3.05) is 0 Å². The molecule has 3 heteroatoms. The summed E-state index contributed by atoms with van der Waals surface area (Å²) < 4.78 is 0. The van der Waals surface area contributed by atoms with E-state index in [0.29, 0.717) is 6.42 Å². The van der Waals surface area contributed by atoms with Gasteiger partial charge < -0.3 is 10.2 Å². The standard InChI is InChI=1S/C21H17NO2/c1-2-6-14-12-21(24,15-7-4-3-5-8-15)13-18-17-11-16(23)9-10-19(17)22-20(14)18/h2-5,7-13,23-24H,1,6H2. The minimum atomic E-state index is -1.21. The Bertz CT molecular complexity index is 922. The van der Waals surface area contributed by atoms with Crippen molar-refractivity contribution in [3.63, 3.8) is 0 Å². The molecule has 0 spiro atoms. The molecule has 2 aliphatic rings. The molecular weight excluding hydrogens is 298 g/mol. The molecule has 0 saturated carbocycles. The first kappa shape index (κ1) is 14.7. The summed E-state index contributed by atoms with van der Waals surface area (Å²) in [6.07, 6.45) is 6.09. The average molecular weight is 315 g/mol. The maximum absolute atomic E-state index is 11.3. The zero-order chi connectivity index (χ0) is 16.7. The van der Waals surface area contributed by atoms with Crippen molar-refractivity contribution in [1.82, 2.24) is 0 Å². The molecule has 0 saturated heterocycles. The number of aliphatic imine (C=N–C) groups is 1. The number of phenols is 1. The van der Waals surface area contributed by atoms with Gasteiger partial charge in [-0.3, -0.25) is 0 Å². The number of benzene rings is 2. The Hall–Kier alpha value is -2.91. The third-order valence-corrected chi connectivity index (χ3v) is 4.42. The van der Waals surface area contributed by atoms with Crippen LogP contribution in [0.3, 0.4) is 0 Å². The largest absolute Gasteiger partial charge is 0.508 e. The van der Waals surface area contributed by atoms with Crippen LogP contribution in [-0.4, -0.2) is 15.9 Å². The summed E-state index contributed by atoms with van der Waals surface area (Å²) >= 11 is 0. The minimum absolute atomic E-state index is 0.189. The Kier molecular flexibility index (Phi) is 3.25. The highest BCUT2D eigenvalue weighted by molar-refractivity contribution is 6.37. The van der Waals surface area contributed by atoms with Gasteiger partial charge in [-0.25, -0.2) is 4.99 Å². The molecule has 1 unspecified atom stereocenters. The maximum Gasteiger partial charge on any atom is 0.128 e. The Balaban J connectivity index is 1.93. The first-order valence-corrected chi connectivity index (χ1v) is 7.87. The number of phenolic OH excluding ortho intramolecular Hbond substituents is 1. The van der Waals surface area contributed by atoms with Gasteiger partial charge in [-0.2, -0.15) is 0 Å². The molecule has 3 nitrogen and oxygen atoms in total. The van der Waals surface area contributed by atoms with Crippen LogP contribution in [0.4, 0.5) is 5.69 Å². The van der Waals surface area contributed by atoms with E-state index < -0.39 is 5.60 Å². The van der Waals surface area contributed by atoms with Crippen molar-refractivity contribution in [1.29, 1.82) is 0 Å². The fourth-order valence-corrected chi connectivity index (χ4v) is 3.31. The predicted octanol–water partition coefficient (Wildman–Crippen LogP) is 4.27. The molecule has 1 atom stereocenters. The van der Waals surface area contributed by atoms with E-state index in [0.717, 1.165) is 33.7 Å². The highest BCUT2D eigenvalue weighted by Gasteiger charge is 2.35. The summed E-state index contributed by atoms with van der Waals surface area (Å²) in [5.74, 6) is 0.189. The van der Waals surface area contributed by atoms with E-state index in [4.69, 9.17) is 0 Å². The van der Waals surface area contributed by atoms with Gasteiger partial charge in [-0.15, -0.1) is 6.58 Å². The van der Waals surface area contributed by atoms with E-state index in [-0.39, 0.29) is 5.75 Å². The van der Waals surface area contributed by atoms with E-state index in [1.54, 1.807) is 18.2 Å². The van der Waals surface area contributed by atoms with Crippen molar-refractivity contribution in [3.8, 4) is 5.75 Å². The molecule has 0 bridgehead atoms. The Labute approximate surface area is 140 Å². The number of allylic oxidation sites excluding steroid dienone is 3. The highest BCUT2D eigenvalue weighted by atomic mass is 16.3. The molecule has 0 aromatic heterocycles. The lowest BCUT2D eigenvalue weighted by atomic mass is 9.80. The van der Waals surface area contributed by atoms with Crippen molar-refractivity contribution in [3.05, 3.63) is 90.0 Å². The summed E-state index contributed by atoms with van der Waals surface area (Å²) in [7, 11) is 0. The van der Waals surface area contributed by atoms with Crippen LogP contribution in [0, 0.1) is 0 Å². The van der Waals surface area contributed by atoms with Gasteiger partial charge in [0.1, 0.15) is 11.4 Å². The third-order valence-electron chi connectivity index (χ3n) is 4.42. The van der Waals surface area contributed by atoms with Gasteiger partial charge in [-0.05, 0) is 47.9 Å². The second-order valence-corrected chi connectivity index (χ2v) is 6.07. The summed E-state index contributed by atoms with van der Waals surface area (Å²) in [5, 5.41) is 21.1. The van der Waals surface area contributed by atoms with Gasteiger partial charge in [0.15, 0.2) is 0 Å². The summed E-state index contributed by atoms with van der Waals surface area (Å²) in [6, 6.07) is 14.7. The fourth-order valence-electron chi connectivity index (χ4n) is 3.31. The van der Waals surface area contributed by atoms with Crippen LogP contribution in [0.5, 0.6) is 5.75 Å². The highest BCUT2D eigenvalue weighted by Crippen LogP contribution is 2.45. The molecule has 2 N–H and O–H groups in total. The number of aliphatic hydroxyl groups is 1. The third kappa shape index (κ3) is 2.22. The average Bonchev–Trinajstić information content (AvgIpc) is 2.94. The van der Waals surface area contributed by atoms with Crippen molar-refractivity contribution >= 4 is 17.0 Å². The van der Waals surface area contributed by atoms with Gasteiger partial charge in [-0.1, -0.05) is 36.4 Å². The molecule has 118 valence electrons. The van der Waals surface area contributed by atoms with E-state index in [9.17, 15) is 10.2 Å². The number of nitrogens with zero attached hydrogens (tertiary/aromatic N) is 1. The number of hydrogen-bond acceptors (Lipinski definition) is 3. The molecular formula is C21H17NO2. The first-order valence-electron chi connectivity index (χ1n) is 7.87. The molecule has 0 fully saturated rings. The molecule has 1 aliphatic heterocycles. The number of aromatic hydroxyl groups is 1. The van der Waals surface area contributed by atoms with Crippen LogP contribution < -0.4 is 0 Å². The van der Waals surface area contributed by atoms with Gasteiger partial charge in [0, 0.05) is 11.1 Å². The second-order valence-electron chi connectivity index (χ2n) is 6.07. The van der Waals surface area contributed by atoms with Crippen LogP contribution in [0.25, 0.3) is 5.57 Å². The molecule has 24 heavy (non-hydrogen) atoms. The van der Waals surface area contributed by atoms with Crippen LogP contribution in [0.15, 0.2) is 83.9 Å². The first-order chi connectivity index (χ1) is 11.6. The number of rotatable bonds is 3. The van der Waals surface area contributed by atoms with Crippen LogP contribution in [0.2, 0.25) is 0 Å². The zero-order valence-electron chi connectivity index (χ0n) is 13.1. The van der Waals surface area contributed by atoms with Gasteiger partial charge in [0.2, 0.25) is 0 Å². The minimum Gasteiger partial charge on any atom is -0.508 e. The van der Waals surface area contributed by atoms with Crippen LogP contribution >= 0.6 is 0 Å². The monoisotopic (exact) mass is 315 g/mol. The maximum atomic E-state index is 11.3. The quantitative estimate of drug-likeness (QED) is 0.831. The van der Waals surface area contributed by atoms with Gasteiger partial charge in [0.05, 0.1) is 11.4 Å². The Morgan fingerprint density at radius 3 is 2.62 bits per heavy atom. The normalized spacial score (nSPS) is 21.3. The summed E-state index contributed by atoms with van der Waals surface area (Å²) in [4.78, 5) is 4.68. The SMILES string of the molecule is C=CCC1=CC(O)(c2ccccc2)C=C2C1=Nc1ccc(O)cc12.